The molecule has 168 valence electrons. The minimum Gasteiger partial charge on any atom is -0.465 e. The highest BCUT2D eigenvalue weighted by Gasteiger charge is 2.23. The average Bonchev–Trinajstić information content (AvgIpc) is 3.27. The number of aromatic nitrogens is 3. The maximum Gasteiger partial charge on any atom is 0.341 e. The van der Waals surface area contributed by atoms with Crippen LogP contribution >= 0.6 is 23.1 Å². The molecule has 1 aliphatic carbocycles. The smallest absolute Gasteiger partial charge is 0.341 e. The number of aryl methyl sites for hydroxylation is 1. The van der Waals surface area contributed by atoms with Crippen molar-refractivity contribution in [2.45, 2.75) is 64.1 Å². The Hall–Kier alpha value is -2.13. The van der Waals surface area contributed by atoms with Crippen LogP contribution in [0.1, 0.15) is 58.7 Å². The number of esters is 1. The summed E-state index contributed by atoms with van der Waals surface area (Å²) in [5.74, 6) is 1.16. The summed E-state index contributed by atoms with van der Waals surface area (Å²) in [6.07, 6.45) is 9.14. The number of nitrogens with one attached hydrogen (secondary N) is 1. The number of rotatable bonds is 9. The summed E-state index contributed by atoms with van der Waals surface area (Å²) >= 11 is 2.73. The molecule has 1 aliphatic rings. The monoisotopic (exact) mass is 462 g/mol. The third-order valence-electron chi connectivity index (χ3n) is 5.66. The summed E-state index contributed by atoms with van der Waals surface area (Å²) in [4.78, 5) is 25.7. The van der Waals surface area contributed by atoms with Gasteiger partial charge in [-0.3, -0.25) is 4.79 Å². The second-order valence-electron chi connectivity index (χ2n) is 7.82. The van der Waals surface area contributed by atoms with Crippen molar-refractivity contribution in [3.8, 4) is 0 Å². The Labute approximate surface area is 191 Å². The molecule has 1 saturated carbocycles. The van der Waals surface area contributed by atoms with Gasteiger partial charge in [-0.15, -0.1) is 28.1 Å². The molecular formula is C22H30N4O3S2. The lowest BCUT2D eigenvalue weighted by Gasteiger charge is -2.21. The van der Waals surface area contributed by atoms with E-state index >= 15 is 0 Å². The van der Waals surface area contributed by atoms with E-state index < -0.39 is 5.97 Å². The van der Waals surface area contributed by atoms with Gasteiger partial charge in [0.2, 0.25) is 5.91 Å². The molecule has 0 radical (unpaired) electrons. The highest BCUT2D eigenvalue weighted by Crippen LogP contribution is 2.33. The molecule has 0 saturated heterocycles. The second-order valence-corrected chi connectivity index (χ2v) is 9.99. The van der Waals surface area contributed by atoms with Gasteiger partial charge in [0.25, 0.3) is 0 Å². The number of thiophene rings is 1. The number of thioether (sulfide) groups is 1. The molecule has 0 spiro atoms. The lowest BCUT2D eigenvalue weighted by molar-refractivity contribution is -0.113. The van der Waals surface area contributed by atoms with E-state index in [9.17, 15) is 9.59 Å². The number of hydrogen-bond acceptors (Lipinski definition) is 7. The van der Waals surface area contributed by atoms with Gasteiger partial charge in [-0.1, -0.05) is 49.9 Å². The normalized spacial score (nSPS) is 14.4. The fourth-order valence-electron chi connectivity index (χ4n) is 3.89. The Kier molecular flexibility index (Phi) is 8.31. The van der Waals surface area contributed by atoms with Gasteiger partial charge in [0.1, 0.15) is 10.8 Å². The number of allylic oxidation sites excluding steroid dienone is 1. The van der Waals surface area contributed by atoms with Gasteiger partial charge in [0, 0.05) is 17.8 Å². The number of hydrogen-bond donors (Lipinski definition) is 1. The first-order valence-electron chi connectivity index (χ1n) is 10.6. The minimum absolute atomic E-state index is 0.176. The standard InChI is InChI=1S/C22H30N4O3S2/c1-5-11-26-17(12-16-9-7-6-8-10-16)24-25-22(26)30-13-18(27)23-20-19(21(28)29-4)14(2)15(3)31-20/h5,16H,1,6-13H2,2-4H3,(H,23,27). The van der Waals surface area contributed by atoms with Crippen molar-refractivity contribution in [1.29, 1.82) is 0 Å². The fraction of sp³-hybridized carbons (Fsp3) is 0.545. The van der Waals surface area contributed by atoms with Crippen LogP contribution in [0.5, 0.6) is 0 Å². The van der Waals surface area contributed by atoms with Gasteiger partial charge in [0.15, 0.2) is 5.16 Å². The molecule has 1 N–H and O–H groups in total. The maximum atomic E-state index is 12.6. The number of methoxy groups -OCH3 is 1. The van der Waals surface area contributed by atoms with Crippen LogP contribution in [0.25, 0.3) is 0 Å². The zero-order valence-corrected chi connectivity index (χ0v) is 20.0. The van der Waals surface area contributed by atoms with Crippen molar-refractivity contribution in [2.24, 2.45) is 5.92 Å². The van der Waals surface area contributed by atoms with E-state index in [0.717, 1.165) is 22.7 Å². The first kappa shape index (κ1) is 23.5. The Morgan fingerprint density at radius 3 is 2.71 bits per heavy atom. The highest BCUT2D eigenvalue weighted by atomic mass is 32.2. The number of anilines is 1. The summed E-state index contributed by atoms with van der Waals surface area (Å²) < 4.78 is 6.92. The van der Waals surface area contributed by atoms with Crippen molar-refractivity contribution >= 4 is 40.0 Å². The summed E-state index contributed by atoms with van der Waals surface area (Å²) in [5, 5.41) is 12.8. The summed E-state index contributed by atoms with van der Waals surface area (Å²) in [5.41, 5.74) is 1.26. The molecule has 1 amide bonds. The number of carbonyl (C=O) groups is 2. The van der Waals surface area contributed by atoms with Crippen molar-refractivity contribution in [1.82, 2.24) is 14.8 Å². The largest absolute Gasteiger partial charge is 0.465 e. The molecule has 3 rings (SSSR count). The summed E-state index contributed by atoms with van der Waals surface area (Å²) in [6.45, 7) is 8.25. The highest BCUT2D eigenvalue weighted by molar-refractivity contribution is 7.99. The zero-order chi connectivity index (χ0) is 22.4. The predicted octanol–water partition coefficient (Wildman–Crippen LogP) is 4.78. The van der Waals surface area contributed by atoms with Crippen LogP contribution in [-0.4, -0.2) is 39.5 Å². The number of nitrogens with zero attached hydrogens (tertiary/aromatic N) is 3. The van der Waals surface area contributed by atoms with E-state index in [4.69, 9.17) is 4.74 Å². The van der Waals surface area contributed by atoms with Crippen molar-refractivity contribution in [2.75, 3.05) is 18.2 Å². The van der Waals surface area contributed by atoms with E-state index in [-0.39, 0.29) is 11.7 Å². The summed E-state index contributed by atoms with van der Waals surface area (Å²) in [6, 6.07) is 0. The molecule has 0 unspecified atom stereocenters. The molecule has 0 aromatic carbocycles. The Balaban J connectivity index is 1.65. The van der Waals surface area contributed by atoms with Crippen LogP contribution in [0.15, 0.2) is 17.8 Å². The van der Waals surface area contributed by atoms with Gasteiger partial charge >= 0.3 is 5.97 Å². The Morgan fingerprint density at radius 2 is 2.03 bits per heavy atom. The van der Waals surface area contributed by atoms with Crippen molar-refractivity contribution < 1.29 is 14.3 Å². The molecule has 7 nitrogen and oxygen atoms in total. The first-order chi connectivity index (χ1) is 14.9. The SMILES string of the molecule is C=CCn1c(CC2CCCCC2)nnc1SCC(=O)Nc1sc(C)c(C)c1C(=O)OC. The topological polar surface area (TPSA) is 86.1 Å². The van der Waals surface area contributed by atoms with Crippen molar-refractivity contribution in [3.05, 3.63) is 34.5 Å². The van der Waals surface area contributed by atoms with Crippen LogP contribution in [0.4, 0.5) is 5.00 Å². The molecule has 2 aromatic heterocycles. The number of carbonyl (C=O) groups excluding carboxylic acids is 2. The third-order valence-corrected chi connectivity index (χ3v) is 7.75. The van der Waals surface area contributed by atoms with Crippen molar-refractivity contribution in [3.63, 3.8) is 0 Å². The first-order valence-corrected chi connectivity index (χ1v) is 12.4. The molecular weight excluding hydrogens is 432 g/mol. The molecule has 2 heterocycles. The zero-order valence-electron chi connectivity index (χ0n) is 18.4. The lowest BCUT2D eigenvalue weighted by Crippen LogP contribution is -2.17. The molecule has 0 bridgehead atoms. The van der Waals surface area contributed by atoms with E-state index in [0.29, 0.717) is 28.2 Å². The van der Waals surface area contributed by atoms with Gasteiger partial charge in [-0.2, -0.15) is 0 Å². The molecule has 1 fully saturated rings. The number of ether oxygens (including phenoxy) is 1. The Bertz CT molecular complexity index is 945. The average molecular weight is 463 g/mol. The van der Waals surface area contributed by atoms with Crippen LogP contribution in [0.3, 0.4) is 0 Å². The van der Waals surface area contributed by atoms with Gasteiger partial charge < -0.3 is 14.6 Å². The minimum atomic E-state index is -0.442. The second kappa shape index (κ2) is 10.9. The van der Waals surface area contributed by atoms with Crippen LogP contribution in [-0.2, 0) is 22.5 Å². The van der Waals surface area contributed by atoms with Crippen LogP contribution in [0.2, 0.25) is 0 Å². The van der Waals surface area contributed by atoms with Crippen LogP contribution in [0, 0.1) is 19.8 Å². The lowest BCUT2D eigenvalue weighted by atomic mass is 9.87. The maximum absolute atomic E-state index is 12.6. The molecule has 2 aromatic rings. The molecule has 0 atom stereocenters. The molecule has 0 aliphatic heterocycles. The molecule has 9 heteroatoms. The molecule has 31 heavy (non-hydrogen) atoms. The summed E-state index contributed by atoms with van der Waals surface area (Å²) in [7, 11) is 1.34. The van der Waals surface area contributed by atoms with E-state index in [1.165, 1.54) is 62.3 Å². The van der Waals surface area contributed by atoms with E-state index in [1.54, 1.807) is 0 Å². The fourth-order valence-corrected chi connectivity index (χ4v) is 5.73. The van der Waals surface area contributed by atoms with E-state index in [2.05, 4.69) is 26.7 Å². The quantitative estimate of drug-likeness (QED) is 0.328. The van der Waals surface area contributed by atoms with Gasteiger partial charge in [-0.05, 0) is 25.3 Å². The predicted molar refractivity (Wildman–Crippen MR) is 125 cm³/mol. The third kappa shape index (κ3) is 5.77. The van der Waals surface area contributed by atoms with Crippen LogP contribution < -0.4 is 5.32 Å². The Morgan fingerprint density at radius 1 is 1.29 bits per heavy atom. The van der Waals surface area contributed by atoms with Gasteiger partial charge in [0.05, 0.1) is 18.4 Å². The van der Waals surface area contributed by atoms with E-state index in [1.807, 2.05) is 19.9 Å². The number of amides is 1. The van der Waals surface area contributed by atoms with Gasteiger partial charge in [-0.25, -0.2) is 4.79 Å².